The highest BCUT2D eigenvalue weighted by atomic mass is 28.4. The SMILES string of the molecule is C=C(C)c1ccc(C(=O)NCCC[Si](OCC)(OCC)OCC)cc1. The van der Waals surface area contributed by atoms with Crippen molar-refractivity contribution >= 4 is 20.3 Å². The van der Waals surface area contributed by atoms with Crippen LogP contribution in [0.15, 0.2) is 30.8 Å². The summed E-state index contributed by atoms with van der Waals surface area (Å²) < 4.78 is 17.4. The maximum absolute atomic E-state index is 12.2. The molecule has 1 aromatic carbocycles. The maximum atomic E-state index is 12.2. The Morgan fingerprint density at radius 3 is 1.92 bits per heavy atom. The molecule has 0 heterocycles. The molecule has 140 valence electrons. The third-order valence-corrected chi connectivity index (χ3v) is 6.83. The lowest BCUT2D eigenvalue weighted by Crippen LogP contribution is -2.46. The van der Waals surface area contributed by atoms with Crippen LogP contribution >= 0.6 is 0 Å². The van der Waals surface area contributed by atoms with Crippen molar-refractivity contribution in [1.82, 2.24) is 5.32 Å². The molecular weight excluding hydrogens is 334 g/mol. The lowest BCUT2D eigenvalue weighted by atomic mass is 10.1. The average Bonchev–Trinajstić information content (AvgIpc) is 2.59. The number of amides is 1. The van der Waals surface area contributed by atoms with Gasteiger partial charge in [0.1, 0.15) is 0 Å². The van der Waals surface area contributed by atoms with Crippen molar-refractivity contribution in [2.45, 2.75) is 40.2 Å². The summed E-state index contributed by atoms with van der Waals surface area (Å²) in [4.78, 5) is 12.2. The summed E-state index contributed by atoms with van der Waals surface area (Å²) >= 11 is 0. The zero-order chi connectivity index (χ0) is 18.7. The van der Waals surface area contributed by atoms with Crippen LogP contribution in [0.5, 0.6) is 0 Å². The third-order valence-electron chi connectivity index (χ3n) is 3.68. The van der Waals surface area contributed by atoms with Gasteiger partial charge in [-0.1, -0.05) is 24.3 Å². The van der Waals surface area contributed by atoms with E-state index in [2.05, 4.69) is 11.9 Å². The minimum atomic E-state index is -2.63. The van der Waals surface area contributed by atoms with Crippen molar-refractivity contribution in [3.05, 3.63) is 42.0 Å². The fourth-order valence-electron chi connectivity index (χ4n) is 2.52. The van der Waals surface area contributed by atoms with E-state index in [1.54, 1.807) is 0 Å². The van der Waals surface area contributed by atoms with E-state index in [-0.39, 0.29) is 5.91 Å². The average molecular weight is 366 g/mol. The van der Waals surface area contributed by atoms with E-state index in [0.29, 0.717) is 38.0 Å². The normalized spacial score (nSPS) is 11.4. The second-order valence-electron chi connectivity index (χ2n) is 5.70. The van der Waals surface area contributed by atoms with Crippen LogP contribution in [0.1, 0.15) is 50.0 Å². The first kappa shape index (κ1) is 21.6. The highest BCUT2D eigenvalue weighted by Crippen LogP contribution is 2.18. The van der Waals surface area contributed by atoms with Gasteiger partial charge in [-0.3, -0.25) is 4.79 Å². The Bertz CT molecular complexity index is 528. The van der Waals surface area contributed by atoms with Gasteiger partial charge >= 0.3 is 8.80 Å². The Kier molecular flexibility index (Phi) is 9.66. The predicted octanol–water partition coefficient (Wildman–Crippen LogP) is 3.89. The number of hydrogen-bond acceptors (Lipinski definition) is 4. The summed E-state index contributed by atoms with van der Waals surface area (Å²) in [5.41, 5.74) is 2.67. The molecule has 0 saturated carbocycles. The molecule has 0 fully saturated rings. The summed E-state index contributed by atoms with van der Waals surface area (Å²) in [6, 6.07) is 8.15. The topological polar surface area (TPSA) is 56.8 Å². The van der Waals surface area contributed by atoms with Gasteiger partial charge in [-0.2, -0.15) is 0 Å². The second kappa shape index (κ2) is 11.2. The van der Waals surface area contributed by atoms with Crippen molar-refractivity contribution < 1.29 is 18.1 Å². The van der Waals surface area contributed by atoms with Gasteiger partial charge < -0.3 is 18.6 Å². The molecule has 1 amide bonds. The monoisotopic (exact) mass is 365 g/mol. The number of hydrogen-bond donors (Lipinski definition) is 1. The lowest BCUT2D eigenvalue weighted by Gasteiger charge is -2.28. The molecule has 0 aliphatic carbocycles. The molecule has 0 aliphatic rings. The number of carbonyl (C=O) groups is 1. The van der Waals surface area contributed by atoms with Crippen LogP contribution in [-0.2, 0) is 13.3 Å². The third kappa shape index (κ3) is 7.11. The largest absolute Gasteiger partial charge is 0.500 e. The van der Waals surface area contributed by atoms with Crippen LogP contribution < -0.4 is 5.32 Å². The van der Waals surface area contributed by atoms with Crippen molar-refractivity contribution in [3.63, 3.8) is 0 Å². The molecule has 0 spiro atoms. The molecule has 1 N–H and O–H groups in total. The molecular formula is C19H31NO4Si. The van der Waals surface area contributed by atoms with Crippen LogP contribution in [-0.4, -0.2) is 41.1 Å². The summed E-state index contributed by atoms with van der Waals surface area (Å²) in [5.74, 6) is -0.0789. The van der Waals surface area contributed by atoms with Gasteiger partial charge in [-0.25, -0.2) is 0 Å². The zero-order valence-corrected chi connectivity index (χ0v) is 16.9. The van der Waals surface area contributed by atoms with Gasteiger partial charge in [-0.05, 0) is 51.8 Å². The lowest BCUT2D eigenvalue weighted by molar-refractivity contribution is 0.0705. The second-order valence-corrected chi connectivity index (χ2v) is 8.43. The Balaban J connectivity index is 2.51. The van der Waals surface area contributed by atoms with Gasteiger partial charge in [0, 0.05) is 38.0 Å². The highest BCUT2D eigenvalue weighted by Gasteiger charge is 2.39. The molecule has 0 aliphatic heterocycles. The molecule has 6 heteroatoms. The van der Waals surface area contributed by atoms with Gasteiger partial charge in [-0.15, -0.1) is 0 Å². The zero-order valence-electron chi connectivity index (χ0n) is 15.9. The number of allylic oxidation sites excluding steroid dienone is 1. The molecule has 0 aromatic heterocycles. The maximum Gasteiger partial charge on any atom is 0.500 e. The first-order valence-electron chi connectivity index (χ1n) is 8.94. The Hall–Kier alpha value is -1.47. The van der Waals surface area contributed by atoms with Gasteiger partial charge in [0.25, 0.3) is 5.91 Å². The molecule has 25 heavy (non-hydrogen) atoms. The first-order chi connectivity index (χ1) is 12.0. The van der Waals surface area contributed by atoms with E-state index >= 15 is 0 Å². The standard InChI is InChI=1S/C19H31NO4Si/c1-6-22-25(23-7-2,24-8-3)15-9-14-20-19(21)18-12-10-17(11-13-18)16(4)5/h10-13H,4,6-9,14-15H2,1-3,5H3,(H,20,21). The molecule has 0 saturated heterocycles. The molecule has 0 radical (unpaired) electrons. The minimum absolute atomic E-state index is 0.0789. The van der Waals surface area contributed by atoms with Crippen molar-refractivity contribution in [2.75, 3.05) is 26.4 Å². The summed E-state index contributed by atoms with van der Waals surface area (Å²) in [7, 11) is -2.63. The molecule has 0 bridgehead atoms. The number of carbonyl (C=O) groups excluding carboxylic acids is 1. The van der Waals surface area contributed by atoms with Crippen LogP contribution in [0.2, 0.25) is 6.04 Å². The Morgan fingerprint density at radius 2 is 1.48 bits per heavy atom. The van der Waals surface area contributed by atoms with Crippen LogP contribution in [0.25, 0.3) is 5.57 Å². The molecule has 5 nitrogen and oxygen atoms in total. The van der Waals surface area contributed by atoms with E-state index < -0.39 is 8.80 Å². The summed E-state index contributed by atoms with van der Waals surface area (Å²) in [6.07, 6.45) is 0.752. The molecule has 1 aromatic rings. The smallest absolute Gasteiger partial charge is 0.374 e. The van der Waals surface area contributed by atoms with E-state index in [9.17, 15) is 4.79 Å². The summed E-state index contributed by atoms with van der Waals surface area (Å²) in [6.45, 7) is 13.9. The highest BCUT2D eigenvalue weighted by molar-refractivity contribution is 6.60. The van der Waals surface area contributed by atoms with Crippen molar-refractivity contribution in [3.8, 4) is 0 Å². The van der Waals surface area contributed by atoms with Crippen molar-refractivity contribution in [1.29, 1.82) is 0 Å². The van der Waals surface area contributed by atoms with Gasteiger partial charge in [0.2, 0.25) is 0 Å². The molecule has 0 atom stereocenters. The number of nitrogens with one attached hydrogen (secondary N) is 1. The Labute approximate surface area is 152 Å². The summed E-state index contributed by atoms with van der Waals surface area (Å²) in [5, 5.41) is 2.94. The fourth-order valence-corrected chi connectivity index (χ4v) is 5.13. The molecule has 1 rings (SSSR count). The van der Waals surface area contributed by atoms with Crippen molar-refractivity contribution in [2.24, 2.45) is 0 Å². The van der Waals surface area contributed by atoms with Crippen LogP contribution in [0, 0.1) is 0 Å². The predicted molar refractivity (Wildman–Crippen MR) is 104 cm³/mol. The van der Waals surface area contributed by atoms with Gasteiger partial charge in [0.15, 0.2) is 0 Å². The quantitative estimate of drug-likeness (QED) is 0.451. The van der Waals surface area contributed by atoms with Crippen LogP contribution in [0.4, 0.5) is 0 Å². The minimum Gasteiger partial charge on any atom is -0.374 e. The van der Waals surface area contributed by atoms with E-state index in [0.717, 1.165) is 17.6 Å². The fraction of sp³-hybridized carbons (Fsp3) is 0.526. The first-order valence-corrected chi connectivity index (χ1v) is 10.9. The Morgan fingerprint density at radius 1 is 1.00 bits per heavy atom. The van der Waals surface area contributed by atoms with E-state index in [1.807, 2.05) is 52.0 Å². The number of rotatable bonds is 12. The van der Waals surface area contributed by atoms with E-state index in [1.165, 1.54) is 0 Å². The van der Waals surface area contributed by atoms with Gasteiger partial charge in [0.05, 0.1) is 0 Å². The molecule has 0 unspecified atom stereocenters. The number of benzene rings is 1. The van der Waals surface area contributed by atoms with Crippen LogP contribution in [0.3, 0.4) is 0 Å². The van der Waals surface area contributed by atoms with E-state index in [4.69, 9.17) is 13.3 Å².